The molecular formula is C22H21N5O. The topological polar surface area (TPSA) is 85.8 Å². The number of fused-ring (bicyclic) bond motifs is 2. The summed E-state index contributed by atoms with van der Waals surface area (Å²) in [4.78, 5) is 22.5. The Kier molecular flexibility index (Phi) is 4.53. The van der Waals surface area contributed by atoms with Crippen molar-refractivity contribution in [1.29, 1.82) is 0 Å². The number of nitrogens with two attached hydrogens (primary N) is 1. The second-order valence-electron chi connectivity index (χ2n) is 6.65. The zero-order valence-corrected chi connectivity index (χ0v) is 15.6. The van der Waals surface area contributed by atoms with Crippen molar-refractivity contribution in [3.8, 4) is 0 Å². The molecule has 1 atom stereocenters. The van der Waals surface area contributed by atoms with Crippen molar-refractivity contribution in [3.05, 3.63) is 78.4 Å². The molecule has 2 aromatic heterocycles. The summed E-state index contributed by atoms with van der Waals surface area (Å²) in [7, 11) is 0. The number of rotatable bonds is 5. The lowest BCUT2D eigenvalue weighted by atomic mass is 10.1. The average Bonchev–Trinajstić information content (AvgIpc) is 2.98. The number of carbonyl (C=O) groups is 1. The van der Waals surface area contributed by atoms with Gasteiger partial charge in [0.1, 0.15) is 16.9 Å². The zero-order valence-electron chi connectivity index (χ0n) is 15.6. The van der Waals surface area contributed by atoms with Crippen molar-refractivity contribution in [2.75, 3.05) is 5.73 Å². The van der Waals surface area contributed by atoms with E-state index < -0.39 is 0 Å². The van der Waals surface area contributed by atoms with Crippen LogP contribution in [0.2, 0.25) is 0 Å². The summed E-state index contributed by atoms with van der Waals surface area (Å²) < 4.78 is 1.77. The molecule has 140 valence electrons. The Morgan fingerprint density at radius 1 is 1.14 bits per heavy atom. The van der Waals surface area contributed by atoms with Gasteiger partial charge in [-0.25, -0.2) is 9.97 Å². The first kappa shape index (κ1) is 17.7. The fourth-order valence-corrected chi connectivity index (χ4v) is 3.35. The first-order chi connectivity index (χ1) is 13.6. The molecule has 0 fully saturated rings. The monoisotopic (exact) mass is 371 g/mol. The molecule has 3 N–H and O–H groups in total. The number of nitrogens with zero attached hydrogens (tertiary/aromatic N) is 3. The quantitative estimate of drug-likeness (QED) is 0.522. The SMILES string of the molecule is C=CCn1c(N)c(C(=O)N[C@@H](C)c2ccccc2)c2nc3ccccc3nc21. The van der Waals surface area contributed by atoms with Gasteiger partial charge in [0.2, 0.25) is 0 Å². The standard InChI is InChI=1S/C22H21N5O/c1-3-13-27-20(23)18(22(28)24-14(2)15-9-5-4-6-10-15)19-21(27)26-17-12-8-7-11-16(17)25-19/h3-12,14H,1,13,23H2,2H3,(H,24,28)/t14-/m0/s1. The predicted octanol–water partition coefficient (Wildman–Crippen LogP) is 3.84. The maximum atomic E-state index is 13.1. The first-order valence-corrected chi connectivity index (χ1v) is 9.11. The van der Waals surface area contributed by atoms with Crippen LogP contribution in [0, 0.1) is 0 Å². The van der Waals surface area contributed by atoms with Crippen molar-refractivity contribution in [3.63, 3.8) is 0 Å². The molecule has 2 heterocycles. The van der Waals surface area contributed by atoms with Gasteiger partial charge in [-0.15, -0.1) is 6.58 Å². The van der Waals surface area contributed by atoms with Crippen LogP contribution in [0.1, 0.15) is 28.9 Å². The second kappa shape index (κ2) is 7.15. The highest BCUT2D eigenvalue weighted by Gasteiger charge is 2.24. The van der Waals surface area contributed by atoms with Crippen molar-refractivity contribution < 1.29 is 4.79 Å². The smallest absolute Gasteiger partial charge is 0.257 e. The molecule has 4 aromatic rings. The molecule has 1 amide bonds. The van der Waals surface area contributed by atoms with E-state index >= 15 is 0 Å². The minimum Gasteiger partial charge on any atom is -0.384 e. The van der Waals surface area contributed by atoms with Crippen LogP contribution < -0.4 is 11.1 Å². The van der Waals surface area contributed by atoms with E-state index in [0.717, 1.165) is 16.6 Å². The molecule has 0 spiro atoms. The highest BCUT2D eigenvalue weighted by Crippen LogP contribution is 2.28. The largest absolute Gasteiger partial charge is 0.384 e. The van der Waals surface area contributed by atoms with E-state index in [1.54, 1.807) is 10.6 Å². The third-order valence-corrected chi connectivity index (χ3v) is 4.78. The Bertz CT molecular complexity index is 1180. The van der Waals surface area contributed by atoms with Crippen molar-refractivity contribution in [2.45, 2.75) is 19.5 Å². The molecule has 0 aliphatic heterocycles. The lowest BCUT2D eigenvalue weighted by Crippen LogP contribution is -2.27. The van der Waals surface area contributed by atoms with E-state index in [9.17, 15) is 4.79 Å². The van der Waals surface area contributed by atoms with E-state index in [-0.39, 0.29) is 11.9 Å². The molecule has 0 bridgehead atoms. The summed E-state index contributed by atoms with van der Waals surface area (Å²) in [5.74, 6) is 0.0641. The number of nitrogens with one attached hydrogen (secondary N) is 1. The Morgan fingerprint density at radius 3 is 2.46 bits per heavy atom. The Hall–Kier alpha value is -3.67. The van der Waals surface area contributed by atoms with Gasteiger partial charge in [-0.05, 0) is 24.6 Å². The third kappa shape index (κ3) is 2.99. The Morgan fingerprint density at radius 2 is 1.79 bits per heavy atom. The summed E-state index contributed by atoms with van der Waals surface area (Å²) in [6, 6.07) is 17.2. The van der Waals surface area contributed by atoms with Gasteiger partial charge >= 0.3 is 0 Å². The van der Waals surface area contributed by atoms with E-state index in [1.807, 2.05) is 61.5 Å². The van der Waals surface area contributed by atoms with Crippen LogP contribution in [0.4, 0.5) is 5.82 Å². The molecule has 0 saturated carbocycles. The number of hydrogen-bond donors (Lipinski definition) is 2. The minimum atomic E-state index is -0.272. The first-order valence-electron chi connectivity index (χ1n) is 9.11. The van der Waals surface area contributed by atoms with Crippen LogP contribution in [0.3, 0.4) is 0 Å². The molecule has 4 rings (SSSR count). The van der Waals surface area contributed by atoms with Gasteiger partial charge in [0, 0.05) is 6.54 Å². The van der Waals surface area contributed by atoms with Gasteiger partial charge in [-0.1, -0.05) is 48.5 Å². The number of aromatic nitrogens is 3. The van der Waals surface area contributed by atoms with Crippen LogP contribution >= 0.6 is 0 Å². The van der Waals surface area contributed by atoms with Gasteiger partial charge < -0.3 is 15.6 Å². The number of amides is 1. The molecule has 6 nitrogen and oxygen atoms in total. The van der Waals surface area contributed by atoms with Gasteiger partial charge in [-0.2, -0.15) is 0 Å². The highest BCUT2D eigenvalue weighted by molar-refractivity contribution is 6.10. The van der Waals surface area contributed by atoms with Crippen LogP contribution in [0.5, 0.6) is 0 Å². The normalized spacial score (nSPS) is 12.2. The molecule has 0 aliphatic carbocycles. The van der Waals surface area contributed by atoms with Gasteiger partial charge in [0.15, 0.2) is 5.65 Å². The number of benzene rings is 2. The van der Waals surface area contributed by atoms with Crippen LogP contribution in [-0.4, -0.2) is 20.4 Å². The molecule has 0 aliphatic rings. The number of nitrogen functional groups attached to an aromatic ring is 1. The van der Waals surface area contributed by atoms with Crippen molar-refractivity contribution in [1.82, 2.24) is 19.9 Å². The maximum Gasteiger partial charge on any atom is 0.257 e. The molecule has 28 heavy (non-hydrogen) atoms. The fraction of sp³-hybridized carbons (Fsp3) is 0.136. The van der Waals surface area contributed by atoms with E-state index in [0.29, 0.717) is 29.1 Å². The molecule has 6 heteroatoms. The molecule has 0 unspecified atom stereocenters. The van der Waals surface area contributed by atoms with Gasteiger partial charge in [-0.3, -0.25) is 4.79 Å². The predicted molar refractivity (Wildman–Crippen MR) is 112 cm³/mol. The van der Waals surface area contributed by atoms with E-state index in [1.165, 1.54) is 0 Å². The number of allylic oxidation sites excluding steroid dienone is 1. The summed E-state index contributed by atoms with van der Waals surface area (Å²) in [5, 5.41) is 3.02. The average molecular weight is 371 g/mol. The Labute approximate surface area is 162 Å². The molecule has 2 aromatic carbocycles. The fourth-order valence-electron chi connectivity index (χ4n) is 3.35. The molecule has 0 saturated heterocycles. The van der Waals surface area contributed by atoms with Crippen LogP contribution in [0.25, 0.3) is 22.2 Å². The minimum absolute atomic E-state index is 0.167. The lowest BCUT2D eigenvalue weighted by Gasteiger charge is -2.14. The highest BCUT2D eigenvalue weighted by atomic mass is 16.1. The van der Waals surface area contributed by atoms with E-state index in [4.69, 9.17) is 10.7 Å². The number of carbonyl (C=O) groups excluding carboxylic acids is 1. The number of anilines is 1. The van der Waals surface area contributed by atoms with Crippen LogP contribution in [0.15, 0.2) is 67.3 Å². The summed E-state index contributed by atoms with van der Waals surface area (Å²) in [6.07, 6.45) is 1.72. The van der Waals surface area contributed by atoms with Crippen molar-refractivity contribution in [2.24, 2.45) is 0 Å². The number of hydrogen-bond acceptors (Lipinski definition) is 4. The summed E-state index contributed by atoms with van der Waals surface area (Å²) >= 11 is 0. The van der Waals surface area contributed by atoms with E-state index in [2.05, 4.69) is 16.9 Å². The maximum absolute atomic E-state index is 13.1. The van der Waals surface area contributed by atoms with Gasteiger partial charge in [0.05, 0.1) is 17.1 Å². The zero-order chi connectivity index (χ0) is 19.7. The van der Waals surface area contributed by atoms with Crippen molar-refractivity contribution >= 4 is 33.9 Å². The Balaban J connectivity index is 1.83. The number of para-hydroxylation sites is 2. The summed E-state index contributed by atoms with van der Waals surface area (Å²) in [5.41, 5.74) is 10.3. The molecule has 0 radical (unpaired) electrons. The van der Waals surface area contributed by atoms with Gasteiger partial charge in [0.25, 0.3) is 5.91 Å². The molecular weight excluding hydrogens is 350 g/mol. The second-order valence-corrected chi connectivity index (χ2v) is 6.65. The lowest BCUT2D eigenvalue weighted by molar-refractivity contribution is 0.0942. The third-order valence-electron chi connectivity index (χ3n) is 4.78. The van der Waals surface area contributed by atoms with Crippen LogP contribution in [-0.2, 0) is 6.54 Å². The summed E-state index contributed by atoms with van der Waals surface area (Å²) in [6.45, 7) is 6.16.